The van der Waals surface area contributed by atoms with Gasteiger partial charge in [0.25, 0.3) is 0 Å². The van der Waals surface area contributed by atoms with E-state index in [1.165, 1.54) is 5.56 Å². The highest BCUT2D eigenvalue weighted by molar-refractivity contribution is 5.44. The second-order valence-corrected chi connectivity index (χ2v) is 4.04. The molecule has 0 amide bonds. The number of rotatable bonds is 5. The molecule has 4 heteroatoms. The van der Waals surface area contributed by atoms with Gasteiger partial charge in [-0.25, -0.2) is 0 Å². The maximum Gasteiger partial charge on any atom is 0.231 e. The molecule has 1 aromatic carbocycles. The van der Waals surface area contributed by atoms with Crippen LogP contribution in [0.3, 0.4) is 0 Å². The fourth-order valence-corrected chi connectivity index (χ4v) is 1.77. The van der Waals surface area contributed by atoms with E-state index in [0.29, 0.717) is 13.3 Å². The zero-order valence-electron chi connectivity index (χ0n) is 9.24. The van der Waals surface area contributed by atoms with Gasteiger partial charge in [0.2, 0.25) is 6.79 Å². The van der Waals surface area contributed by atoms with Crippen LogP contribution in [0.2, 0.25) is 0 Å². The molecule has 0 aliphatic carbocycles. The molecule has 0 saturated carbocycles. The van der Waals surface area contributed by atoms with Crippen LogP contribution in [0.5, 0.6) is 11.5 Å². The van der Waals surface area contributed by atoms with Crippen LogP contribution in [0.25, 0.3) is 0 Å². The summed E-state index contributed by atoms with van der Waals surface area (Å²) in [4.78, 5) is 0. The van der Waals surface area contributed by atoms with Crippen molar-refractivity contribution < 1.29 is 9.47 Å². The third-order valence-corrected chi connectivity index (χ3v) is 2.74. The van der Waals surface area contributed by atoms with Crippen molar-refractivity contribution in [2.24, 2.45) is 5.73 Å². The van der Waals surface area contributed by atoms with E-state index in [1.54, 1.807) is 0 Å². The minimum absolute atomic E-state index is 0.00834. The van der Waals surface area contributed by atoms with Gasteiger partial charge in [-0.1, -0.05) is 6.07 Å². The molecule has 0 spiro atoms. The predicted octanol–water partition coefficient (Wildman–Crippen LogP) is 1.35. The summed E-state index contributed by atoms with van der Waals surface area (Å²) in [5.41, 5.74) is 14.1. The number of nitrogens with two attached hydrogens (primary N) is 1. The summed E-state index contributed by atoms with van der Waals surface area (Å²) in [6.45, 7) is 0.629. The third kappa shape index (κ3) is 2.65. The summed E-state index contributed by atoms with van der Waals surface area (Å²) in [6, 6.07) is 6.03. The van der Waals surface area contributed by atoms with Crippen LogP contribution in [-0.2, 0) is 6.42 Å². The van der Waals surface area contributed by atoms with Gasteiger partial charge < -0.3 is 15.2 Å². The molecule has 1 aliphatic rings. The number of aryl methyl sites for hydroxylation is 1. The van der Waals surface area contributed by atoms with Crippen LogP contribution in [-0.4, -0.2) is 19.4 Å². The van der Waals surface area contributed by atoms with Crippen molar-refractivity contribution in [3.63, 3.8) is 0 Å². The van der Waals surface area contributed by atoms with E-state index in [4.69, 9.17) is 20.9 Å². The van der Waals surface area contributed by atoms with Crippen LogP contribution >= 0.6 is 0 Å². The molecule has 1 atom stereocenters. The summed E-state index contributed by atoms with van der Waals surface area (Å²) in [7, 11) is 0. The molecule has 4 nitrogen and oxygen atoms in total. The quantitative estimate of drug-likeness (QED) is 0.816. The van der Waals surface area contributed by atoms with Crippen molar-refractivity contribution in [2.75, 3.05) is 13.3 Å². The maximum atomic E-state index is 7.13. The molecule has 87 valence electrons. The van der Waals surface area contributed by atoms with Gasteiger partial charge in [-0.3, -0.25) is 5.73 Å². The zero-order valence-corrected chi connectivity index (χ0v) is 9.24. The van der Waals surface area contributed by atoms with E-state index in [2.05, 4.69) is 6.07 Å². The largest absolute Gasteiger partial charge is 0.454 e. The molecule has 16 heavy (non-hydrogen) atoms. The van der Waals surface area contributed by atoms with Gasteiger partial charge in [0, 0.05) is 12.6 Å². The lowest BCUT2D eigenvalue weighted by Gasteiger charge is -2.07. The normalized spacial score (nSPS) is 15.1. The van der Waals surface area contributed by atoms with Crippen molar-refractivity contribution in [3.8, 4) is 11.5 Å². The van der Waals surface area contributed by atoms with Crippen LogP contribution in [0.4, 0.5) is 0 Å². The van der Waals surface area contributed by atoms with Crippen molar-refractivity contribution in [3.05, 3.63) is 23.8 Å². The SMILES string of the molecule is [NH]CC(N)CCCc1ccc2c(c1)OCO2. The average Bonchev–Trinajstić information content (AvgIpc) is 2.76. The summed E-state index contributed by atoms with van der Waals surface area (Å²) in [5, 5.41) is 0. The smallest absolute Gasteiger partial charge is 0.231 e. The van der Waals surface area contributed by atoms with Crippen molar-refractivity contribution in [1.29, 1.82) is 0 Å². The van der Waals surface area contributed by atoms with Gasteiger partial charge in [-0.2, -0.15) is 0 Å². The van der Waals surface area contributed by atoms with Crippen molar-refractivity contribution in [1.82, 2.24) is 5.73 Å². The van der Waals surface area contributed by atoms with E-state index < -0.39 is 0 Å². The number of hydrogen-bond donors (Lipinski definition) is 1. The minimum atomic E-state index is 0.00834. The predicted molar refractivity (Wildman–Crippen MR) is 61.4 cm³/mol. The van der Waals surface area contributed by atoms with Crippen LogP contribution in [0.15, 0.2) is 18.2 Å². The molecule has 0 aromatic heterocycles. The van der Waals surface area contributed by atoms with Crippen LogP contribution in [0.1, 0.15) is 18.4 Å². The Hall–Kier alpha value is -1.26. The summed E-state index contributed by atoms with van der Waals surface area (Å²) in [6.07, 6.45) is 2.89. The molecule has 1 aromatic rings. The molecule has 1 radical (unpaired) electrons. The number of nitrogens with one attached hydrogen (secondary N) is 1. The molecule has 1 aliphatic heterocycles. The summed E-state index contributed by atoms with van der Waals surface area (Å²) < 4.78 is 10.6. The molecule has 1 unspecified atom stereocenters. The maximum absolute atomic E-state index is 7.13. The Morgan fingerprint density at radius 3 is 2.94 bits per heavy atom. The molecule has 1 heterocycles. The van der Waals surface area contributed by atoms with Crippen LogP contribution < -0.4 is 20.9 Å². The lowest BCUT2D eigenvalue weighted by molar-refractivity contribution is 0.174. The van der Waals surface area contributed by atoms with E-state index in [9.17, 15) is 0 Å². The number of hydrogen-bond acceptors (Lipinski definition) is 3. The Kier molecular flexibility index (Phi) is 3.64. The first-order chi connectivity index (χ1) is 7.79. The molecular formula is C12H17N2O2. The Morgan fingerprint density at radius 1 is 1.31 bits per heavy atom. The van der Waals surface area contributed by atoms with E-state index in [-0.39, 0.29) is 6.04 Å². The van der Waals surface area contributed by atoms with Gasteiger partial charge in [-0.05, 0) is 37.0 Å². The summed E-state index contributed by atoms with van der Waals surface area (Å²) in [5.74, 6) is 1.66. The highest BCUT2D eigenvalue weighted by Crippen LogP contribution is 2.32. The standard InChI is InChI=1S/C12H17N2O2/c13-7-10(14)3-1-2-9-4-5-11-12(6-9)16-8-15-11/h4-6,10,13H,1-3,7-8,14H2. The number of ether oxygens (including phenoxy) is 2. The van der Waals surface area contributed by atoms with Crippen molar-refractivity contribution >= 4 is 0 Å². The summed E-state index contributed by atoms with van der Waals surface area (Å²) >= 11 is 0. The molecule has 2 rings (SSSR count). The average molecular weight is 221 g/mol. The number of benzene rings is 1. The molecule has 0 fully saturated rings. The first kappa shape index (κ1) is 11.2. The van der Waals surface area contributed by atoms with Gasteiger partial charge in [-0.15, -0.1) is 0 Å². The lowest BCUT2D eigenvalue weighted by Crippen LogP contribution is -2.24. The fraction of sp³-hybridized carbons (Fsp3) is 0.500. The Morgan fingerprint density at radius 2 is 2.12 bits per heavy atom. The van der Waals surface area contributed by atoms with Gasteiger partial charge in [0.15, 0.2) is 11.5 Å². The Labute approximate surface area is 95.5 Å². The first-order valence-electron chi connectivity index (χ1n) is 5.58. The van der Waals surface area contributed by atoms with E-state index in [1.807, 2.05) is 12.1 Å². The first-order valence-corrected chi connectivity index (χ1v) is 5.58. The molecular weight excluding hydrogens is 204 g/mol. The number of fused-ring (bicyclic) bond motifs is 1. The Balaban J connectivity index is 1.86. The molecule has 0 bridgehead atoms. The minimum Gasteiger partial charge on any atom is -0.454 e. The molecule has 3 N–H and O–H groups in total. The Bertz CT molecular complexity index is 355. The highest BCUT2D eigenvalue weighted by atomic mass is 16.7. The van der Waals surface area contributed by atoms with Crippen LogP contribution in [0, 0.1) is 0 Å². The monoisotopic (exact) mass is 221 g/mol. The van der Waals surface area contributed by atoms with Crippen molar-refractivity contribution in [2.45, 2.75) is 25.3 Å². The van der Waals surface area contributed by atoms with Gasteiger partial charge >= 0.3 is 0 Å². The molecule has 0 saturated heterocycles. The lowest BCUT2D eigenvalue weighted by atomic mass is 10.0. The van der Waals surface area contributed by atoms with Gasteiger partial charge in [0.05, 0.1) is 0 Å². The van der Waals surface area contributed by atoms with Gasteiger partial charge in [0.1, 0.15) is 0 Å². The zero-order chi connectivity index (χ0) is 11.4. The fourth-order valence-electron chi connectivity index (χ4n) is 1.77. The van der Waals surface area contributed by atoms with E-state index >= 15 is 0 Å². The second-order valence-electron chi connectivity index (χ2n) is 4.04. The third-order valence-electron chi connectivity index (χ3n) is 2.74. The van der Waals surface area contributed by atoms with E-state index in [0.717, 1.165) is 30.8 Å². The second kappa shape index (κ2) is 5.18. The highest BCUT2D eigenvalue weighted by Gasteiger charge is 2.12. The topological polar surface area (TPSA) is 68.3 Å².